The Morgan fingerprint density at radius 3 is 1.78 bits per heavy atom. The van der Waals surface area contributed by atoms with Gasteiger partial charge in [0.2, 0.25) is 0 Å². The molecule has 1 aliphatic carbocycles. The van der Waals surface area contributed by atoms with Crippen molar-refractivity contribution in [3.8, 4) is 22.3 Å². The van der Waals surface area contributed by atoms with E-state index in [0.29, 0.717) is 0 Å². The van der Waals surface area contributed by atoms with Crippen molar-refractivity contribution >= 4 is 66.9 Å². The van der Waals surface area contributed by atoms with Crippen molar-refractivity contribution in [2.45, 2.75) is 13.8 Å². The van der Waals surface area contributed by atoms with Gasteiger partial charge in [0.15, 0.2) is 7.14 Å². The average molecular weight is 649 g/mol. The molecule has 1 heterocycles. The Kier molecular flexibility index (Phi) is 6.90. The molecule has 0 aliphatic heterocycles. The summed E-state index contributed by atoms with van der Waals surface area (Å²) in [6.07, 6.45) is 4.38. The molecule has 0 amide bonds. The van der Waals surface area contributed by atoms with Crippen LogP contribution in [0.4, 0.5) is 0 Å². The lowest BCUT2D eigenvalue weighted by Crippen LogP contribution is -2.24. The summed E-state index contributed by atoms with van der Waals surface area (Å²) in [4.78, 5) is 0. The summed E-state index contributed by atoms with van der Waals surface area (Å²) >= 11 is 0. The summed E-state index contributed by atoms with van der Waals surface area (Å²) in [5.41, 5.74) is 11.5. The maximum Gasteiger partial charge on any atom is 0.171 e. The van der Waals surface area contributed by atoms with E-state index in [1.54, 1.807) is 0 Å². The minimum absolute atomic E-state index is 0.831. The fourth-order valence-electron chi connectivity index (χ4n) is 7.57. The smallest absolute Gasteiger partial charge is 0.171 e. The van der Waals surface area contributed by atoms with E-state index >= 15 is 0 Å². The van der Waals surface area contributed by atoms with Gasteiger partial charge in [-0.15, -0.1) is 0 Å². The lowest BCUT2D eigenvalue weighted by Gasteiger charge is -2.20. The topological polar surface area (TPSA) is 30.2 Å². The predicted octanol–water partition coefficient (Wildman–Crippen LogP) is 11.5. The van der Waals surface area contributed by atoms with Crippen LogP contribution in [0, 0.1) is 0 Å². The van der Waals surface area contributed by atoms with Crippen LogP contribution in [0.1, 0.15) is 25.0 Å². The van der Waals surface area contributed by atoms with Crippen LogP contribution in [-0.2, 0) is 4.57 Å². The molecule has 9 rings (SSSR count). The zero-order valence-corrected chi connectivity index (χ0v) is 28.2. The normalized spacial score (nSPS) is 13.0. The molecule has 0 N–H and O–H groups in total. The van der Waals surface area contributed by atoms with Crippen LogP contribution >= 0.6 is 7.14 Å². The SMILES string of the molecule is C/C(=C\C=C(/C)c1cccc2oc3c4cccc5c4c(cc3c12)-c1ccccc1-5)c1ccc(P(=O)(c2ccccc2)c2ccccc2)cc1. The first kappa shape index (κ1) is 29.4. The van der Waals surface area contributed by atoms with E-state index in [0.717, 1.165) is 65.5 Å². The highest BCUT2D eigenvalue weighted by molar-refractivity contribution is 7.85. The summed E-state index contributed by atoms with van der Waals surface area (Å²) in [5.74, 6) is 0. The Morgan fingerprint density at radius 1 is 0.510 bits per heavy atom. The monoisotopic (exact) mass is 648 g/mol. The molecule has 49 heavy (non-hydrogen) atoms. The first-order chi connectivity index (χ1) is 24.0. The van der Waals surface area contributed by atoms with E-state index in [4.69, 9.17) is 4.42 Å². The molecule has 0 saturated heterocycles. The Morgan fingerprint density at radius 2 is 1.08 bits per heavy atom. The first-order valence-corrected chi connectivity index (χ1v) is 18.4. The molecule has 234 valence electrons. The van der Waals surface area contributed by atoms with Crippen molar-refractivity contribution < 1.29 is 8.98 Å². The number of hydrogen-bond acceptors (Lipinski definition) is 2. The molecule has 8 aromatic rings. The maximum atomic E-state index is 14.8. The van der Waals surface area contributed by atoms with Crippen molar-refractivity contribution in [3.63, 3.8) is 0 Å². The summed E-state index contributed by atoms with van der Waals surface area (Å²) in [5, 5.41) is 7.24. The highest BCUT2D eigenvalue weighted by atomic mass is 31.2. The third-order valence-corrected chi connectivity index (χ3v) is 13.1. The van der Waals surface area contributed by atoms with Gasteiger partial charge in [-0.25, -0.2) is 0 Å². The van der Waals surface area contributed by atoms with Crippen LogP contribution in [-0.4, -0.2) is 0 Å². The van der Waals surface area contributed by atoms with Crippen molar-refractivity contribution in [3.05, 3.63) is 175 Å². The largest absolute Gasteiger partial charge is 0.455 e. The molecule has 0 atom stereocenters. The average Bonchev–Trinajstić information content (AvgIpc) is 3.71. The van der Waals surface area contributed by atoms with Crippen LogP contribution < -0.4 is 15.9 Å². The fourth-order valence-corrected chi connectivity index (χ4v) is 10.2. The molecular weight excluding hydrogens is 615 g/mol. The van der Waals surface area contributed by atoms with Gasteiger partial charge in [0.1, 0.15) is 11.2 Å². The Labute approximate surface area is 286 Å². The molecule has 0 spiro atoms. The Bertz CT molecular complexity index is 2630. The minimum atomic E-state index is -3.01. The second-order valence-corrected chi connectivity index (χ2v) is 15.6. The molecular formula is C46H33O2P. The van der Waals surface area contributed by atoms with Gasteiger partial charge >= 0.3 is 0 Å². The summed E-state index contributed by atoms with van der Waals surface area (Å²) in [6.45, 7) is 4.30. The number of furan rings is 1. The van der Waals surface area contributed by atoms with Crippen molar-refractivity contribution in [2.75, 3.05) is 0 Å². The number of hydrogen-bond donors (Lipinski definition) is 0. The van der Waals surface area contributed by atoms with Gasteiger partial charge in [0.25, 0.3) is 0 Å². The van der Waals surface area contributed by atoms with E-state index in [1.807, 2.05) is 72.8 Å². The quantitative estimate of drug-likeness (QED) is 0.133. The minimum Gasteiger partial charge on any atom is -0.455 e. The van der Waals surface area contributed by atoms with Gasteiger partial charge in [0.05, 0.1) is 0 Å². The Balaban J connectivity index is 1.10. The van der Waals surface area contributed by atoms with Gasteiger partial charge in [-0.1, -0.05) is 152 Å². The van der Waals surface area contributed by atoms with Crippen LogP contribution in [0.15, 0.2) is 168 Å². The highest BCUT2D eigenvalue weighted by Gasteiger charge is 2.29. The maximum absolute atomic E-state index is 14.8. The summed E-state index contributed by atoms with van der Waals surface area (Å²) in [6, 6.07) is 51.8. The van der Waals surface area contributed by atoms with Crippen LogP contribution in [0.3, 0.4) is 0 Å². The fraction of sp³-hybridized carbons (Fsp3) is 0.0435. The van der Waals surface area contributed by atoms with Crippen molar-refractivity contribution in [2.24, 2.45) is 0 Å². The highest BCUT2D eigenvalue weighted by Crippen LogP contribution is 2.51. The van der Waals surface area contributed by atoms with Crippen LogP contribution in [0.25, 0.3) is 66.1 Å². The van der Waals surface area contributed by atoms with Crippen LogP contribution in [0.5, 0.6) is 0 Å². The van der Waals surface area contributed by atoms with E-state index in [2.05, 4.69) is 105 Å². The van der Waals surface area contributed by atoms with Gasteiger partial charge < -0.3 is 8.98 Å². The van der Waals surface area contributed by atoms with Gasteiger partial charge in [-0.3, -0.25) is 0 Å². The van der Waals surface area contributed by atoms with Gasteiger partial charge in [-0.05, 0) is 70.5 Å². The molecule has 3 heteroatoms. The van der Waals surface area contributed by atoms with E-state index in [-0.39, 0.29) is 0 Å². The van der Waals surface area contributed by atoms with Gasteiger partial charge in [-0.2, -0.15) is 0 Å². The first-order valence-electron chi connectivity index (χ1n) is 16.7. The molecule has 2 nitrogen and oxygen atoms in total. The van der Waals surface area contributed by atoms with E-state index in [9.17, 15) is 4.57 Å². The standard InChI is InChI=1S/C46H33O2P/c1-30(32-25-27-35(28-26-32)49(47,33-13-5-3-6-14-33)34-15-7-4-8-16-34)23-24-31(2)36-19-12-22-43-45(36)42-29-41-38-18-10-9-17-37(38)39-20-11-21-40(44(39)41)46(42)48-43/h3-29H,1-2H3/b30-23+,31-24+. The Hall–Kier alpha value is -5.69. The third kappa shape index (κ3) is 4.60. The molecule has 0 radical (unpaired) electrons. The number of fused-ring (bicyclic) bond motifs is 7. The lowest BCUT2D eigenvalue weighted by molar-refractivity contribution is 0.592. The molecule has 0 unspecified atom stereocenters. The molecule has 1 aliphatic rings. The second kappa shape index (κ2) is 11.5. The van der Waals surface area contributed by atoms with Crippen molar-refractivity contribution in [1.82, 2.24) is 0 Å². The number of rotatable bonds is 6. The number of allylic oxidation sites excluding steroid dienone is 4. The molecule has 7 aromatic carbocycles. The molecule has 0 saturated carbocycles. The summed E-state index contributed by atoms with van der Waals surface area (Å²) < 4.78 is 21.4. The van der Waals surface area contributed by atoms with Crippen molar-refractivity contribution in [1.29, 1.82) is 0 Å². The number of benzene rings is 7. The second-order valence-electron chi connectivity index (χ2n) is 12.9. The zero-order valence-electron chi connectivity index (χ0n) is 27.4. The van der Waals surface area contributed by atoms with Crippen LogP contribution in [0.2, 0.25) is 0 Å². The molecule has 0 bridgehead atoms. The predicted molar refractivity (Wildman–Crippen MR) is 209 cm³/mol. The van der Waals surface area contributed by atoms with E-state index < -0.39 is 7.14 Å². The molecule has 0 fully saturated rings. The zero-order chi connectivity index (χ0) is 33.1. The summed E-state index contributed by atoms with van der Waals surface area (Å²) in [7, 11) is -3.01. The van der Waals surface area contributed by atoms with E-state index in [1.165, 1.54) is 27.6 Å². The van der Waals surface area contributed by atoms with Gasteiger partial charge in [0, 0.05) is 37.5 Å². The lowest BCUT2D eigenvalue weighted by atomic mass is 9.95. The third-order valence-electron chi connectivity index (χ3n) is 10.1. The molecule has 1 aromatic heterocycles.